The summed E-state index contributed by atoms with van der Waals surface area (Å²) in [5.41, 5.74) is 6.17. The lowest BCUT2D eigenvalue weighted by atomic mass is 9.92. The highest BCUT2D eigenvalue weighted by Crippen LogP contribution is 2.27. The molecule has 1 aliphatic heterocycles. The van der Waals surface area contributed by atoms with E-state index in [1.54, 1.807) is 0 Å². The molecule has 0 spiro atoms. The molecule has 1 saturated heterocycles. The molecule has 1 saturated carbocycles. The highest BCUT2D eigenvalue weighted by Gasteiger charge is 2.45. The van der Waals surface area contributed by atoms with Crippen LogP contribution in [0.5, 0.6) is 0 Å². The Balaban J connectivity index is 1.93. The molecule has 4 N–H and O–H groups in total. The number of quaternary nitrogens is 1. The number of nitrogens with zero attached hydrogens (tertiary/aromatic N) is 1. The fourth-order valence-electron chi connectivity index (χ4n) is 3.67. The molecule has 2 rings (SSSR count). The van der Waals surface area contributed by atoms with Gasteiger partial charge in [-0.2, -0.15) is 0 Å². The molecule has 8 heteroatoms. The molecular weight excluding hydrogens is 334 g/mol. The van der Waals surface area contributed by atoms with E-state index in [1.165, 1.54) is 9.80 Å². The third-order valence-electron chi connectivity index (χ3n) is 5.34. The van der Waals surface area contributed by atoms with Crippen molar-refractivity contribution in [2.45, 2.75) is 52.0 Å². The minimum atomic E-state index is -1.08. The van der Waals surface area contributed by atoms with Crippen molar-refractivity contribution in [1.29, 1.82) is 0 Å². The molecule has 2 fully saturated rings. The van der Waals surface area contributed by atoms with E-state index in [1.807, 2.05) is 0 Å². The molecule has 0 unspecified atom stereocenters. The van der Waals surface area contributed by atoms with Gasteiger partial charge in [0.1, 0.15) is 0 Å². The van der Waals surface area contributed by atoms with Crippen molar-refractivity contribution in [3.05, 3.63) is 12.3 Å². The van der Waals surface area contributed by atoms with Gasteiger partial charge in [0.05, 0.1) is 26.2 Å². The van der Waals surface area contributed by atoms with Crippen molar-refractivity contribution in [2.75, 3.05) is 26.2 Å². The van der Waals surface area contributed by atoms with Crippen LogP contribution in [0.25, 0.3) is 0 Å². The van der Waals surface area contributed by atoms with Crippen LogP contribution in [0, 0.1) is 5.92 Å². The number of likely N-dealkylation sites (N-methyl/N-ethyl adjacent to an activating group) is 1. The summed E-state index contributed by atoms with van der Waals surface area (Å²) in [7, 11) is 0. The van der Waals surface area contributed by atoms with Gasteiger partial charge in [0.15, 0.2) is 5.92 Å². The smallest absolute Gasteiger partial charge is 0.331 e. The van der Waals surface area contributed by atoms with Crippen molar-refractivity contribution in [3.8, 4) is 0 Å². The minimum absolute atomic E-state index is 0.126. The van der Waals surface area contributed by atoms with Gasteiger partial charge in [-0.15, -0.1) is 0 Å². The first kappa shape index (κ1) is 20.4. The molecular formula is C18H32N5O3+. The second kappa shape index (κ2) is 9.68. The summed E-state index contributed by atoms with van der Waals surface area (Å²) in [4.78, 5) is 39.9. The fraction of sp³-hybridized carbons (Fsp3) is 0.722. The van der Waals surface area contributed by atoms with Crippen molar-refractivity contribution < 1.29 is 19.3 Å². The predicted molar refractivity (Wildman–Crippen MR) is 97.9 cm³/mol. The topological polar surface area (TPSA) is 95.0 Å². The Labute approximate surface area is 155 Å². The molecule has 8 nitrogen and oxygen atoms in total. The third-order valence-corrected chi connectivity index (χ3v) is 5.34. The van der Waals surface area contributed by atoms with E-state index in [9.17, 15) is 14.4 Å². The van der Waals surface area contributed by atoms with Gasteiger partial charge < -0.3 is 10.3 Å². The van der Waals surface area contributed by atoms with Gasteiger partial charge in [0, 0.05) is 11.7 Å². The molecule has 26 heavy (non-hydrogen) atoms. The molecule has 0 aromatic rings. The number of rotatable bonds is 9. The Morgan fingerprint density at radius 2 is 1.85 bits per heavy atom. The highest BCUT2D eigenvalue weighted by atomic mass is 16.2. The molecule has 1 heterocycles. The van der Waals surface area contributed by atoms with Crippen molar-refractivity contribution in [2.24, 2.45) is 5.92 Å². The van der Waals surface area contributed by atoms with E-state index >= 15 is 0 Å². The van der Waals surface area contributed by atoms with Gasteiger partial charge in [-0.1, -0.05) is 25.8 Å². The van der Waals surface area contributed by atoms with Crippen molar-refractivity contribution in [3.63, 3.8) is 0 Å². The van der Waals surface area contributed by atoms with E-state index in [-0.39, 0.29) is 11.7 Å². The first-order valence-corrected chi connectivity index (χ1v) is 9.68. The number of amides is 4. The maximum absolute atomic E-state index is 12.8. The van der Waals surface area contributed by atoms with Gasteiger partial charge in [-0.3, -0.25) is 19.8 Å². The van der Waals surface area contributed by atoms with Crippen molar-refractivity contribution >= 4 is 17.8 Å². The van der Waals surface area contributed by atoms with Crippen molar-refractivity contribution in [1.82, 2.24) is 21.1 Å². The van der Waals surface area contributed by atoms with Gasteiger partial charge in [0.25, 0.3) is 0 Å². The van der Waals surface area contributed by atoms with E-state index in [4.69, 9.17) is 0 Å². The standard InChI is InChI=1S/C18H31N5O3/c1-4-22(5-2)12-11-19-21-13(3)15-16(24)20-18(26)23(17(15)25)14-9-7-6-8-10-14/h14-15,19,21H,3-12H2,1-2H3,(H,20,24,26)/p+1/t15-/m1/s1. The Hall–Kier alpha value is -1.93. The summed E-state index contributed by atoms with van der Waals surface area (Å²) in [5, 5.41) is 2.31. The van der Waals surface area contributed by atoms with Crippen LogP contribution in [0.2, 0.25) is 0 Å². The summed E-state index contributed by atoms with van der Waals surface area (Å²) in [6, 6.07) is -0.729. The first-order valence-electron chi connectivity index (χ1n) is 9.68. The van der Waals surface area contributed by atoms with Crippen LogP contribution in [0.3, 0.4) is 0 Å². The van der Waals surface area contributed by atoms with Gasteiger partial charge in [-0.25, -0.2) is 10.2 Å². The molecule has 1 aliphatic carbocycles. The molecule has 0 bridgehead atoms. The maximum atomic E-state index is 12.8. The number of carbonyl (C=O) groups excluding carboxylic acids is 3. The van der Waals surface area contributed by atoms with Crippen LogP contribution in [0.1, 0.15) is 46.0 Å². The highest BCUT2D eigenvalue weighted by molar-refractivity contribution is 6.17. The van der Waals surface area contributed by atoms with Crippen LogP contribution in [0.4, 0.5) is 4.79 Å². The number of carbonyl (C=O) groups is 3. The first-order chi connectivity index (χ1) is 12.5. The number of imide groups is 2. The molecule has 0 aromatic carbocycles. The normalized spacial score (nSPS) is 21.9. The SMILES string of the molecule is C=C(NNCC[NH+](CC)CC)[C@@H]1C(=O)NC(=O)N(C2CCCCC2)C1=O. The molecule has 4 amide bonds. The Bertz CT molecular complexity index is 541. The van der Waals surface area contributed by atoms with Crippen LogP contribution in [0.15, 0.2) is 12.3 Å². The summed E-state index contributed by atoms with van der Waals surface area (Å²) < 4.78 is 0. The number of nitrogens with one attached hydrogen (secondary N) is 4. The Morgan fingerprint density at radius 1 is 1.19 bits per heavy atom. The second-order valence-corrected chi connectivity index (χ2v) is 7.01. The maximum Gasteiger partial charge on any atom is 0.331 e. The largest absolute Gasteiger partial charge is 0.334 e. The minimum Gasteiger partial charge on any atom is -0.334 e. The number of urea groups is 1. The lowest BCUT2D eigenvalue weighted by molar-refractivity contribution is -0.895. The van der Waals surface area contributed by atoms with Crippen LogP contribution in [-0.4, -0.2) is 55.0 Å². The Kier molecular flexibility index (Phi) is 7.59. The number of barbiturate groups is 1. The second-order valence-electron chi connectivity index (χ2n) is 7.01. The van der Waals surface area contributed by atoms with E-state index in [0.29, 0.717) is 6.54 Å². The van der Waals surface area contributed by atoms with Gasteiger partial charge in [0.2, 0.25) is 11.8 Å². The van der Waals surface area contributed by atoms with E-state index < -0.39 is 23.8 Å². The number of hydrogen-bond donors (Lipinski definition) is 4. The quantitative estimate of drug-likeness (QED) is 0.252. The summed E-state index contributed by atoms with van der Waals surface area (Å²) in [5.74, 6) is -2.16. The monoisotopic (exact) mass is 366 g/mol. The Morgan fingerprint density at radius 3 is 2.46 bits per heavy atom. The predicted octanol–water partition coefficient (Wildman–Crippen LogP) is -0.454. The van der Waals surface area contributed by atoms with E-state index in [0.717, 1.165) is 51.7 Å². The zero-order chi connectivity index (χ0) is 19.1. The molecule has 1 atom stereocenters. The molecule has 2 aliphatic rings. The molecule has 0 radical (unpaired) electrons. The fourth-order valence-corrected chi connectivity index (χ4v) is 3.67. The number of hydrogen-bond acceptors (Lipinski definition) is 5. The molecule has 0 aromatic heterocycles. The molecule has 146 valence electrons. The van der Waals surface area contributed by atoms with Gasteiger partial charge >= 0.3 is 6.03 Å². The average molecular weight is 366 g/mol. The lowest BCUT2D eigenvalue weighted by Crippen LogP contribution is -3.12. The zero-order valence-electron chi connectivity index (χ0n) is 15.9. The average Bonchev–Trinajstić information content (AvgIpc) is 2.62. The zero-order valence-corrected chi connectivity index (χ0v) is 15.9. The third kappa shape index (κ3) is 4.82. The van der Waals surface area contributed by atoms with Crippen LogP contribution in [-0.2, 0) is 9.59 Å². The number of hydrazine groups is 1. The van der Waals surface area contributed by atoms with Crippen LogP contribution < -0.4 is 21.1 Å². The lowest BCUT2D eigenvalue weighted by Gasteiger charge is -2.38. The summed E-state index contributed by atoms with van der Waals surface area (Å²) in [6.45, 7) is 11.8. The van der Waals surface area contributed by atoms with Gasteiger partial charge in [-0.05, 0) is 26.7 Å². The summed E-state index contributed by atoms with van der Waals surface area (Å²) >= 11 is 0. The summed E-state index contributed by atoms with van der Waals surface area (Å²) in [6.07, 6.45) is 4.70. The van der Waals surface area contributed by atoms with E-state index in [2.05, 4.69) is 36.6 Å². The van der Waals surface area contributed by atoms with Crippen LogP contribution >= 0.6 is 0 Å².